The zero-order valence-electron chi connectivity index (χ0n) is 6.93. The Morgan fingerprint density at radius 2 is 2.31 bits per heavy atom. The Kier molecular flexibility index (Phi) is 2.71. The number of fused-ring (bicyclic) bond motifs is 1. The van der Waals surface area contributed by atoms with Gasteiger partial charge in [-0.15, -0.1) is 0 Å². The second-order valence-corrected chi connectivity index (χ2v) is 2.32. The molecule has 5 nitrogen and oxygen atoms in total. The number of nitrogens with zero attached hydrogens (tertiary/aromatic N) is 1. The molecular weight excluding hydrogens is 172 g/mol. The summed E-state index contributed by atoms with van der Waals surface area (Å²) >= 11 is 0. The summed E-state index contributed by atoms with van der Waals surface area (Å²) in [4.78, 5) is 3.88. The fourth-order valence-electron chi connectivity index (χ4n) is 1.03. The first-order chi connectivity index (χ1) is 5.92. The van der Waals surface area contributed by atoms with Crippen molar-refractivity contribution < 1.29 is 14.6 Å². The molecule has 0 aromatic carbocycles. The highest BCUT2D eigenvalue weighted by Crippen LogP contribution is 2.01. The maximum atomic E-state index is 8.80. The molecule has 1 aromatic rings. The number of pyridine rings is 1. The highest BCUT2D eigenvalue weighted by atomic mass is 16.7. The Labute approximate surface area is 74.5 Å². The van der Waals surface area contributed by atoms with E-state index in [-0.39, 0.29) is 12.9 Å². The third-order valence-electron chi connectivity index (χ3n) is 1.60. The molecule has 1 aliphatic rings. The quantitative estimate of drug-likeness (QED) is 0.572. The fourth-order valence-corrected chi connectivity index (χ4v) is 1.03. The van der Waals surface area contributed by atoms with Gasteiger partial charge in [0.15, 0.2) is 5.75 Å². The third kappa shape index (κ3) is 1.54. The van der Waals surface area contributed by atoms with Crippen LogP contribution in [0.25, 0.3) is 12.5 Å². The van der Waals surface area contributed by atoms with Crippen molar-refractivity contribution >= 4 is 12.5 Å². The Bertz CT molecular complexity index is 402. The number of ether oxygens (including phenoxy) is 2. The van der Waals surface area contributed by atoms with E-state index in [0.29, 0.717) is 11.0 Å². The van der Waals surface area contributed by atoms with E-state index in [1.807, 2.05) is 0 Å². The Hall–Kier alpha value is -1.75. The van der Waals surface area contributed by atoms with Gasteiger partial charge >= 0.3 is 0 Å². The summed E-state index contributed by atoms with van der Waals surface area (Å²) in [5.74, 6) is 0.629. The standard InChI is InChI=1S/C8H7NO3.H3N/c10-3-6-1-9-2-8-7(6)4-11-5-12-8;/h1-4,10H,5H2;1H3. The van der Waals surface area contributed by atoms with Gasteiger partial charge < -0.3 is 20.7 Å². The van der Waals surface area contributed by atoms with Crippen molar-refractivity contribution in [3.05, 3.63) is 22.8 Å². The molecular formula is C8H10N2O3. The van der Waals surface area contributed by atoms with Crippen LogP contribution in [0.3, 0.4) is 0 Å². The zero-order valence-corrected chi connectivity index (χ0v) is 6.93. The Morgan fingerprint density at radius 1 is 1.46 bits per heavy atom. The monoisotopic (exact) mass is 182 g/mol. The average Bonchev–Trinajstić information content (AvgIpc) is 2.17. The molecule has 0 atom stereocenters. The molecule has 0 aliphatic carbocycles. The molecule has 1 aromatic heterocycles. The lowest BCUT2D eigenvalue weighted by Crippen LogP contribution is -2.30. The van der Waals surface area contributed by atoms with E-state index in [2.05, 4.69) is 4.98 Å². The van der Waals surface area contributed by atoms with Crippen molar-refractivity contribution in [1.82, 2.24) is 11.1 Å². The van der Waals surface area contributed by atoms with Crippen molar-refractivity contribution in [1.29, 1.82) is 0 Å². The van der Waals surface area contributed by atoms with Crippen LogP contribution < -0.4 is 21.3 Å². The minimum Gasteiger partial charge on any atom is -0.515 e. The first kappa shape index (κ1) is 9.34. The largest absolute Gasteiger partial charge is 0.515 e. The molecule has 0 bridgehead atoms. The second kappa shape index (κ2) is 3.77. The van der Waals surface area contributed by atoms with Crippen molar-refractivity contribution in [3.8, 4) is 5.75 Å². The third-order valence-corrected chi connectivity index (χ3v) is 1.60. The van der Waals surface area contributed by atoms with Crippen LogP contribution in [0.5, 0.6) is 5.75 Å². The number of aliphatic hydroxyl groups is 1. The molecule has 70 valence electrons. The minimum atomic E-state index is 0. The number of aliphatic hydroxyl groups excluding tert-OH is 1. The number of hydrogen-bond donors (Lipinski definition) is 2. The minimum absolute atomic E-state index is 0. The number of hydrogen-bond acceptors (Lipinski definition) is 5. The van der Waals surface area contributed by atoms with Gasteiger partial charge in [0.05, 0.1) is 23.9 Å². The van der Waals surface area contributed by atoms with E-state index in [1.165, 1.54) is 6.20 Å². The van der Waals surface area contributed by atoms with Gasteiger partial charge in [0, 0.05) is 11.4 Å². The topological polar surface area (TPSA) is 86.6 Å². The van der Waals surface area contributed by atoms with Gasteiger partial charge in [-0.25, -0.2) is 0 Å². The highest BCUT2D eigenvalue weighted by Gasteiger charge is 2.03. The summed E-state index contributed by atoms with van der Waals surface area (Å²) in [6.45, 7) is 0.198. The number of rotatable bonds is 0. The first-order valence-electron chi connectivity index (χ1n) is 3.45. The van der Waals surface area contributed by atoms with Crippen LogP contribution in [0.15, 0.2) is 12.4 Å². The second-order valence-electron chi connectivity index (χ2n) is 2.32. The Morgan fingerprint density at radius 3 is 3.08 bits per heavy atom. The fraction of sp³-hybridized carbons (Fsp3) is 0.125. The van der Waals surface area contributed by atoms with Gasteiger partial charge in [0.2, 0.25) is 6.79 Å². The normalized spacial score (nSPS) is 14.3. The summed E-state index contributed by atoms with van der Waals surface area (Å²) in [6, 6.07) is 0. The van der Waals surface area contributed by atoms with Crippen LogP contribution in [-0.2, 0) is 4.74 Å². The van der Waals surface area contributed by atoms with Crippen molar-refractivity contribution in [2.24, 2.45) is 0 Å². The van der Waals surface area contributed by atoms with Crippen LogP contribution in [0.4, 0.5) is 0 Å². The summed E-state index contributed by atoms with van der Waals surface area (Å²) in [5.41, 5.74) is 0. The lowest BCUT2D eigenvalue weighted by atomic mass is 10.3. The molecule has 2 rings (SSSR count). The van der Waals surface area contributed by atoms with Crippen molar-refractivity contribution in [3.63, 3.8) is 0 Å². The molecule has 1 aliphatic heterocycles. The summed E-state index contributed by atoms with van der Waals surface area (Å²) < 4.78 is 10.1. The molecule has 0 fully saturated rings. The summed E-state index contributed by atoms with van der Waals surface area (Å²) in [6.07, 6.45) is 5.64. The van der Waals surface area contributed by atoms with Crippen LogP contribution in [-0.4, -0.2) is 16.9 Å². The molecule has 0 saturated carbocycles. The van der Waals surface area contributed by atoms with Crippen molar-refractivity contribution in [2.75, 3.05) is 6.79 Å². The molecule has 5 heteroatoms. The van der Waals surface area contributed by atoms with E-state index in [1.54, 1.807) is 12.5 Å². The van der Waals surface area contributed by atoms with E-state index in [0.717, 1.165) is 11.5 Å². The lowest BCUT2D eigenvalue weighted by Gasteiger charge is -2.10. The van der Waals surface area contributed by atoms with Gasteiger partial charge in [-0.3, -0.25) is 4.98 Å². The molecule has 0 radical (unpaired) electrons. The molecule has 13 heavy (non-hydrogen) atoms. The van der Waals surface area contributed by atoms with Gasteiger partial charge in [-0.2, -0.15) is 0 Å². The van der Waals surface area contributed by atoms with Crippen LogP contribution in [0, 0.1) is 0 Å². The molecule has 0 unspecified atom stereocenters. The van der Waals surface area contributed by atoms with Gasteiger partial charge in [0.1, 0.15) is 0 Å². The van der Waals surface area contributed by atoms with Crippen molar-refractivity contribution in [2.45, 2.75) is 0 Å². The predicted octanol–water partition coefficient (Wildman–Crippen LogP) is -0.356. The maximum Gasteiger partial charge on any atom is 0.230 e. The maximum absolute atomic E-state index is 8.80. The summed E-state index contributed by atoms with van der Waals surface area (Å²) in [5, 5.41) is 10.1. The SMILES string of the molecule is N.OC=c1cncc2c1=COCO2. The van der Waals surface area contributed by atoms with E-state index < -0.39 is 0 Å². The molecule has 0 amide bonds. The zero-order chi connectivity index (χ0) is 8.39. The van der Waals surface area contributed by atoms with Crippen LogP contribution >= 0.6 is 0 Å². The van der Waals surface area contributed by atoms with Crippen LogP contribution in [0.1, 0.15) is 0 Å². The van der Waals surface area contributed by atoms with E-state index >= 15 is 0 Å². The summed E-state index contributed by atoms with van der Waals surface area (Å²) in [7, 11) is 0. The predicted molar refractivity (Wildman–Crippen MR) is 46.6 cm³/mol. The van der Waals surface area contributed by atoms with Gasteiger partial charge in [-0.1, -0.05) is 0 Å². The highest BCUT2D eigenvalue weighted by molar-refractivity contribution is 5.33. The number of aromatic nitrogens is 1. The smallest absolute Gasteiger partial charge is 0.230 e. The average molecular weight is 182 g/mol. The van der Waals surface area contributed by atoms with E-state index in [9.17, 15) is 0 Å². The van der Waals surface area contributed by atoms with Gasteiger partial charge in [-0.05, 0) is 0 Å². The molecule has 2 heterocycles. The first-order valence-corrected chi connectivity index (χ1v) is 3.45. The Balaban J connectivity index is 0.000000845. The molecule has 4 N–H and O–H groups in total. The van der Waals surface area contributed by atoms with Crippen LogP contribution in [0.2, 0.25) is 0 Å². The van der Waals surface area contributed by atoms with E-state index in [4.69, 9.17) is 14.6 Å². The molecule has 0 spiro atoms. The molecule has 0 saturated heterocycles. The van der Waals surface area contributed by atoms with Gasteiger partial charge in [0.25, 0.3) is 0 Å². The lowest BCUT2D eigenvalue weighted by molar-refractivity contribution is 0.0904.